The molecule has 2 amide bonds. The van der Waals surface area contributed by atoms with Crippen LogP contribution in [-0.2, 0) is 16.1 Å². The van der Waals surface area contributed by atoms with Crippen molar-refractivity contribution < 1.29 is 18.7 Å². The van der Waals surface area contributed by atoms with Crippen molar-refractivity contribution in [2.75, 3.05) is 33.4 Å². The molecule has 1 aliphatic heterocycles. The third-order valence-electron chi connectivity index (χ3n) is 4.99. The van der Waals surface area contributed by atoms with Gasteiger partial charge in [0.05, 0.1) is 18.4 Å². The molecule has 2 aromatic rings. The van der Waals surface area contributed by atoms with E-state index in [2.05, 4.69) is 0 Å². The van der Waals surface area contributed by atoms with E-state index < -0.39 is 0 Å². The van der Waals surface area contributed by atoms with Crippen LogP contribution in [-0.4, -0.2) is 55.0 Å². The van der Waals surface area contributed by atoms with Crippen molar-refractivity contribution in [1.29, 1.82) is 0 Å². The van der Waals surface area contributed by atoms with Crippen molar-refractivity contribution >= 4 is 11.8 Å². The van der Waals surface area contributed by atoms with E-state index in [1.807, 2.05) is 35.2 Å². The number of carbonyl (C=O) groups is 2. The van der Waals surface area contributed by atoms with Crippen molar-refractivity contribution in [2.45, 2.75) is 19.4 Å². The quantitative estimate of drug-likeness (QED) is 0.752. The van der Waals surface area contributed by atoms with Gasteiger partial charge in [-0.3, -0.25) is 9.59 Å². The molecule has 1 fully saturated rings. The van der Waals surface area contributed by atoms with Crippen LogP contribution in [0.15, 0.2) is 53.3 Å². The van der Waals surface area contributed by atoms with Crippen molar-refractivity contribution in [1.82, 2.24) is 9.80 Å². The Morgan fingerprint density at radius 3 is 2.56 bits per heavy atom. The van der Waals surface area contributed by atoms with Gasteiger partial charge in [-0.05, 0) is 24.5 Å². The summed E-state index contributed by atoms with van der Waals surface area (Å²) in [5.74, 6) is 0.0560. The van der Waals surface area contributed by atoms with Crippen LogP contribution in [0.5, 0.6) is 0 Å². The number of carbonyl (C=O) groups excluding carboxylic acids is 2. The average Bonchev–Trinajstić information content (AvgIpc) is 3.26. The summed E-state index contributed by atoms with van der Waals surface area (Å²) >= 11 is 0. The maximum Gasteiger partial charge on any atom is 0.257 e. The van der Waals surface area contributed by atoms with E-state index in [0.29, 0.717) is 51.2 Å². The molecule has 1 aromatic heterocycles. The van der Waals surface area contributed by atoms with Gasteiger partial charge < -0.3 is 19.0 Å². The molecule has 2 heterocycles. The van der Waals surface area contributed by atoms with Crippen molar-refractivity contribution in [3.05, 3.63) is 60.1 Å². The zero-order chi connectivity index (χ0) is 19.1. The average molecular weight is 370 g/mol. The molecular formula is C21H26N2O4. The molecule has 0 saturated carbocycles. The Morgan fingerprint density at radius 2 is 1.93 bits per heavy atom. The maximum absolute atomic E-state index is 13.1. The van der Waals surface area contributed by atoms with Crippen molar-refractivity contribution in [3.63, 3.8) is 0 Å². The predicted octanol–water partition coefficient (Wildman–Crippen LogP) is 2.81. The van der Waals surface area contributed by atoms with Crippen LogP contribution in [0.2, 0.25) is 0 Å². The summed E-state index contributed by atoms with van der Waals surface area (Å²) in [5.41, 5.74) is 1.67. The zero-order valence-corrected chi connectivity index (χ0v) is 15.7. The summed E-state index contributed by atoms with van der Waals surface area (Å²) in [6, 6.07) is 11.7. The minimum Gasteiger partial charge on any atom is -0.472 e. The van der Waals surface area contributed by atoms with Gasteiger partial charge in [-0.15, -0.1) is 0 Å². The normalized spacial score (nSPS) is 14.9. The van der Waals surface area contributed by atoms with Gasteiger partial charge in [-0.25, -0.2) is 0 Å². The molecule has 0 spiro atoms. The lowest BCUT2D eigenvalue weighted by molar-refractivity contribution is -0.138. The molecular weight excluding hydrogens is 344 g/mol. The molecule has 0 bridgehead atoms. The Balaban J connectivity index is 1.58. The minimum atomic E-state index is -0.0565. The molecule has 1 saturated heterocycles. The van der Waals surface area contributed by atoms with E-state index in [4.69, 9.17) is 9.15 Å². The number of furan rings is 1. The SMILES string of the molecule is COCCN(Cc1ccccc1)C(=O)C1CCN(C(=O)c2ccoc2)CC1. The summed E-state index contributed by atoms with van der Waals surface area (Å²) < 4.78 is 10.2. The van der Waals surface area contributed by atoms with E-state index in [1.165, 1.54) is 12.5 Å². The second kappa shape index (κ2) is 9.37. The summed E-state index contributed by atoms with van der Waals surface area (Å²) in [5, 5.41) is 0. The standard InChI is InChI=1S/C21H26N2O4/c1-26-14-12-23(15-17-5-3-2-4-6-17)20(24)18-7-10-22(11-8-18)21(25)19-9-13-27-16-19/h2-6,9,13,16,18H,7-8,10-12,14-15H2,1H3. The van der Waals surface area contributed by atoms with Crippen molar-refractivity contribution in [3.8, 4) is 0 Å². The summed E-state index contributed by atoms with van der Waals surface area (Å²) in [6.45, 7) is 2.83. The Hall–Kier alpha value is -2.60. The van der Waals surface area contributed by atoms with Gasteiger partial charge in [-0.1, -0.05) is 30.3 Å². The summed E-state index contributed by atoms with van der Waals surface area (Å²) in [7, 11) is 1.64. The molecule has 0 aliphatic carbocycles. The number of nitrogens with zero attached hydrogens (tertiary/aromatic N) is 2. The fraction of sp³-hybridized carbons (Fsp3) is 0.429. The van der Waals surface area contributed by atoms with E-state index in [0.717, 1.165) is 5.56 Å². The van der Waals surface area contributed by atoms with Crippen LogP contribution in [0.4, 0.5) is 0 Å². The topological polar surface area (TPSA) is 63.0 Å². The predicted molar refractivity (Wildman–Crippen MR) is 101 cm³/mol. The molecule has 144 valence electrons. The molecule has 6 nitrogen and oxygen atoms in total. The molecule has 1 aliphatic rings. The summed E-state index contributed by atoms with van der Waals surface area (Å²) in [6.07, 6.45) is 4.33. The van der Waals surface area contributed by atoms with E-state index in [-0.39, 0.29) is 17.7 Å². The zero-order valence-electron chi connectivity index (χ0n) is 15.7. The first kappa shape index (κ1) is 19.2. The maximum atomic E-state index is 13.1. The van der Waals surface area contributed by atoms with E-state index in [1.54, 1.807) is 18.1 Å². The minimum absolute atomic E-state index is 0.0322. The number of rotatable bonds is 7. The van der Waals surface area contributed by atoms with Crippen LogP contribution in [0, 0.1) is 5.92 Å². The number of amides is 2. The highest BCUT2D eigenvalue weighted by Crippen LogP contribution is 2.22. The van der Waals surface area contributed by atoms with Gasteiger partial charge in [-0.2, -0.15) is 0 Å². The Morgan fingerprint density at radius 1 is 1.19 bits per heavy atom. The van der Waals surface area contributed by atoms with Gasteiger partial charge in [0.2, 0.25) is 5.91 Å². The third kappa shape index (κ3) is 4.98. The van der Waals surface area contributed by atoms with Crippen molar-refractivity contribution in [2.24, 2.45) is 5.92 Å². The second-order valence-corrected chi connectivity index (χ2v) is 6.82. The van der Waals surface area contributed by atoms with Gasteiger partial charge in [0.25, 0.3) is 5.91 Å². The Bertz CT molecular complexity index is 722. The molecule has 3 rings (SSSR count). The van der Waals surface area contributed by atoms with E-state index in [9.17, 15) is 9.59 Å². The van der Waals surface area contributed by atoms with E-state index >= 15 is 0 Å². The highest BCUT2D eigenvalue weighted by molar-refractivity contribution is 5.94. The highest BCUT2D eigenvalue weighted by Gasteiger charge is 2.30. The number of benzene rings is 1. The Kier molecular flexibility index (Phi) is 6.65. The monoisotopic (exact) mass is 370 g/mol. The number of piperidine rings is 1. The first-order chi connectivity index (χ1) is 13.2. The second-order valence-electron chi connectivity index (χ2n) is 6.82. The van der Waals surface area contributed by atoms with Crippen LogP contribution in [0.1, 0.15) is 28.8 Å². The number of hydrogen-bond donors (Lipinski definition) is 0. The molecule has 0 unspecified atom stereocenters. The number of ether oxygens (including phenoxy) is 1. The number of hydrogen-bond acceptors (Lipinski definition) is 4. The lowest BCUT2D eigenvalue weighted by Crippen LogP contribution is -2.45. The number of likely N-dealkylation sites (tertiary alicyclic amines) is 1. The van der Waals surface area contributed by atoms with Crippen LogP contribution < -0.4 is 0 Å². The van der Waals surface area contributed by atoms with Crippen LogP contribution in [0.25, 0.3) is 0 Å². The first-order valence-corrected chi connectivity index (χ1v) is 9.32. The molecule has 0 atom stereocenters. The fourth-order valence-electron chi connectivity index (χ4n) is 3.43. The van der Waals surface area contributed by atoms with Crippen LogP contribution in [0.3, 0.4) is 0 Å². The molecule has 0 N–H and O–H groups in total. The Labute approximate surface area is 159 Å². The smallest absolute Gasteiger partial charge is 0.257 e. The first-order valence-electron chi connectivity index (χ1n) is 9.32. The third-order valence-corrected chi connectivity index (χ3v) is 4.99. The molecule has 0 radical (unpaired) electrons. The molecule has 1 aromatic carbocycles. The van der Waals surface area contributed by atoms with Crippen LogP contribution >= 0.6 is 0 Å². The lowest BCUT2D eigenvalue weighted by atomic mass is 9.94. The van der Waals surface area contributed by atoms with Gasteiger partial charge in [0.1, 0.15) is 6.26 Å². The highest BCUT2D eigenvalue weighted by atomic mass is 16.5. The number of methoxy groups -OCH3 is 1. The molecule has 6 heteroatoms. The van der Waals surface area contributed by atoms with Gasteiger partial charge >= 0.3 is 0 Å². The van der Waals surface area contributed by atoms with Gasteiger partial charge in [0.15, 0.2) is 0 Å². The fourth-order valence-corrected chi connectivity index (χ4v) is 3.43. The summed E-state index contributed by atoms with van der Waals surface area (Å²) in [4.78, 5) is 29.1. The van der Waals surface area contributed by atoms with Gasteiger partial charge in [0, 0.05) is 39.2 Å². The lowest BCUT2D eigenvalue weighted by Gasteiger charge is -2.34. The molecule has 27 heavy (non-hydrogen) atoms. The largest absolute Gasteiger partial charge is 0.472 e.